The first-order valence-corrected chi connectivity index (χ1v) is 4.64. The van der Waals surface area contributed by atoms with Crippen molar-refractivity contribution in [2.75, 3.05) is 0 Å². The normalized spacial score (nSPS) is 10.9. The van der Waals surface area contributed by atoms with Gasteiger partial charge in [0.15, 0.2) is 0 Å². The molecule has 16 heavy (non-hydrogen) atoms. The summed E-state index contributed by atoms with van der Waals surface area (Å²) in [6, 6.07) is 4.34. The molecule has 1 aromatic rings. The lowest BCUT2D eigenvalue weighted by atomic mass is 10.1. The summed E-state index contributed by atoms with van der Waals surface area (Å²) in [5.41, 5.74) is 1.12. The van der Waals surface area contributed by atoms with Crippen LogP contribution in [-0.4, -0.2) is 24.5 Å². The van der Waals surface area contributed by atoms with Gasteiger partial charge >= 0.3 is 5.97 Å². The molecular weight excluding hydrogens is 228 g/mol. The van der Waals surface area contributed by atoms with E-state index < -0.39 is 5.97 Å². The highest BCUT2D eigenvalue weighted by Gasteiger charge is 2.09. The van der Waals surface area contributed by atoms with Gasteiger partial charge in [-0.2, -0.15) is 0 Å². The van der Waals surface area contributed by atoms with Crippen LogP contribution in [0.5, 0.6) is 0 Å². The summed E-state index contributed by atoms with van der Waals surface area (Å²) < 4.78 is 0. The van der Waals surface area contributed by atoms with Crippen LogP contribution in [0.1, 0.15) is 15.9 Å². The van der Waals surface area contributed by atoms with Gasteiger partial charge in [0.2, 0.25) is 0 Å². The monoisotopic (exact) mass is 236 g/mol. The van der Waals surface area contributed by atoms with Gasteiger partial charge in [0.25, 0.3) is 0 Å². The summed E-state index contributed by atoms with van der Waals surface area (Å²) in [7, 11) is 0. The number of carbonyl (C=O) groups is 1. The first-order chi connectivity index (χ1) is 7.60. The average Bonchev–Trinajstić information content (AvgIpc) is 2.26. The number of aliphatic imine (C=N–C) groups is 2. The van der Waals surface area contributed by atoms with Crippen LogP contribution in [0, 0.1) is 0 Å². The Kier molecular flexibility index (Phi) is 3.96. The molecule has 0 amide bonds. The number of halogens is 1. The van der Waals surface area contributed by atoms with Gasteiger partial charge in [0.1, 0.15) is 0 Å². The summed E-state index contributed by atoms with van der Waals surface area (Å²) in [5, 5.41) is 9.04. The van der Waals surface area contributed by atoms with Crippen LogP contribution in [0.4, 0.5) is 0 Å². The Morgan fingerprint density at radius 3 is 2.56 bits per heavy atom. The Bertz CT molecular complexity index is 481. The van der Waals surface area contributed by atoms with Gasteiger partial charge in [0, 0.05) is 5.56 Å². The minimum absolute atomic E-state index is 0.115. The summed E-state index contributed by atoms with van der Waals surface area (Å²) in [5.74, 6) is -1.03. The minimum atomic E-state index is -1.03. The second-order valence-electron chi connectivity index (χ2n) is 2.85. The topological polar surface area (TPSA) is 62.0 Å². The van der Waals surface area contributed by atoms with Gasteiger partial charge in [-0.05, 0) is 25.6 Å². The van der Waals surface area contributed by atoms with E-state index in [1.54, 1.807) is 6.07 Å². The van der Waals surface area contributed by atoms with Crippen molar-refractivity contribution in [1.29, 1.82) is 0 Å². The van der Waals surface area contributed by atoms with Crippen molar-refractivity contribution in [3.63, 3.8) is 0 Å². The number of aromatic carboxylic acids is 1. The maximum atomic E-state index is 10.7. The number of carboxylic acid groups (broad SMARTS) is 1. The molecule has 5 heteroatoms. The third-order valence-electron chi connectivity index (χ3n) is 1.88. The third-order valence-corrected chi connectivity index (χ3v) is 2.19. The van der Waals surface area contributed by atoms with Crippen LogP contribution in [0.25, 0.3) is 5.70 Å². The van der Waals surface area contributed by atoms with Crippen molar-refractivity contribution in [3.8, 4) is 0 Å². The molecule has 0 heterocycles. The smallest absolute Gasteiger partial charge is 0.335 e. The molecule has 1 aromatic carbocycles. The Hall–Kier alpha value is -1.94. The zero-order valence-electron chi connectivity index (χ0n) is 8.35. The van der Waals surface area contributed by atoms with Gasteiger partial charge in [-0.25, -0.2) is 4.79 Å². The largest absolute Gasteiger partial charge is 0.478 e. The number of rotatable bonds is 4. The van der Waals surface area contributed by atoms with E-state index in [0.717, 1.165) is 0 Å². The van der Waals surface area contributed by atoms with Crippen molar-refractivity contribution in [3.05, 3.63) is 40.5 Å². The molecule has 0 saturated heterocycles. The van der Waals surface area contributed by atoms with Crippen LogP contribution < -0.4 is 0 Å². The van der Waals surface area contributed by atoms with E-state index in [9.17, 15) is 4.79 Å². The van der Waals surface area contributed by atoms with Crippen LogP contribution >= 0.6 is 11.6 Å². The number of hydrogen-bond donors (Lipinski definition) is 1. The van der Waals surface area contributed by atoms with E-state index in [0.29, 0.717) is 11.3 Å². The first kappa shape index (κ1) is 12.1. The number of carboxylic acids is 1. The molecule has 0 aliphatic carbocycles. The Morgan fingerprint density at radius 2 is 2.12 bits per heavy atom. The Labute approximate surface area is 97.6 Å². The zero-order valence-corrected chi connectivity index (χ0v) is 9.11. The average molecular weight is 237 g/mol. The molecule has 0 spiro atoms. The lowest BCUT2D eigenvalue weighted by Crippen LogP contribution is -1.96. The molecule has 0 bridgehead atoms. The molecule has 0 saturated carbocycles. The quantitative estimate of drug-likeness (QED) is 0.817. The summed E-state index contributed by atoms with van der Waals surface area (Å²) in [6.07, 6.45) is 1.40. The molecule has 0 fully saturated rings. The maximum absolute atomic E-state index is 10.7. The lowest BCUT2D eigenvalue weighted by Gasteiger charge is -2.04. The predicted octanol–water partition coefficient (Wildman–Crippen LogP) is 2.74. The zero-order chi connectivity index (χ0) is 12.1. The van der Waals surface area contributed by atoms with Gasteiger partial charge in [0.05, 0.1) is 22.5 Å². The van der Waals surface area contributed by atoms with E-state index in [1.807, 2.05) is 0 Å². The highest BCUT2D eigenvalue weighted by atomic mass is 35.5. The molecule has 0 unspecified atom stereocenters. The SMILES string of the molecule is C=N/C=C(\N=C)c1ccc(C(=O)O)cc1Cl. The Morgan fingerprint density at radius 1 is 1.44 bits per heavy atom. The van der Waals surface area contributed by atoms with Crippen LogP contribution in [0.2, 0.25) is 5.02 Å². The molecule has 82 valence electrons. The molecular formula is C11H9ClN2O2. The first-order valence-electron chi connectivity index (χ1n) is 4.26. The van der Waals surface area contributed by atoms with Crippen LogP contribution in [0.15, 0.2) is 34.4 Å². The third kappa shape index (κ3) is 2.55. The van der Waals surface area contributed by atoms with Gasteiger partial charge in [-0.3, -0.25) is 9.98 Å². The molecule has 1 rings (SSSR count). The summed E-state index contributed by atoms with van der Waals surface area (Å²) in [6.45, 7) is 6.67. The molecule has 0 atom stereocenters. The standard InChI is InChI=1S/C11H9ClN2O2/c1-13-6-10(14-2)8-4-3-7(11(15)16)5-9(8)12/h3-6H,1-2H2,(H,15,16)/b10-6-. The number of nitrogens with zero attached hydrogens (tertiary/aromatic N) is 2. The van der Waals surface area contributed by atoms with E-state index in [2.05, 4.69) is 23.4 Å². The maximum Gasteiger partial charge on any atom is 0.335 e. The van der Waals surface area contributed by atoms with Crippen molar-refractivity contribution in [1.82, 2.24) is 0 Å². The molecule has 1 N–H and O–H groups in total. The fourth-order valence-corrected chi connectivity index (χ4v) is 1.42. The van der Waals surface area contributed by atoms with Gasteiger partial charge < -0.3 is 5.11 Å². The molecule has 0 radical (unpaired) electrons. The minimum Gasteiger partial charge on any atom is -0.478 e. The van der Waals surface area contributed by atoms with Crippen molar-refractivity contribution in [2.24, 2.45) is 9.98 Å². The van der Waals surface area contributed by atoms with E-state index in [-0.39, 0.29) is 10.6 Å². The fraction of sp³-hybridized carbons (Fsp3) is 0. The summed E-state index contributed by atoms with van der Waals surface area (Å²) in [4.78, 5) is 18.0. The molecule has 0 aliphatic rings. The van der Waals surface area contributed by atoms with Crippen molar-refractivity contribution < 1.29 is 9.90 Å². The molecule has 0 aromatic heterocycles. The van der Waals surface area contributed by atoms with Crippen LogP contribution in [0.3, 0.4) is 0 Å². The molecule has 4 nitrogen and oxygen atoms in total. The molecule has 0 aliphatic heterocycles. The second-order valence-corrected chi connectivity index (χ2v) is 3.26. The highest BCUT2D eigenvalue weighted by molar-refractivity contribution is 6.32. The van der Waals surface area contributed by atoms with E-state index in [1.165, 1.54) is 18.3 Å². The van der Waals surface area contributed by atoms with Crippen molar-refractivity contribution >= 4 is 36.7 Å². The summed E-state index contributed by atoms with van der Waals surface area (Å²) >= 11 is 5.93. The fourth-order valence-electron chi connectivity index (χ4n) is 1.14. The van der Waals surface area contributed by atoms with Gasteiger partial charge in [-0.15, -0.1) is 0 Å². The van der Waals surface area contributed by atoms with Gasteiger partial charge in [-0.1, -0.05) is 17.7 Å². The highest BCUT2D eigenvalue weighted by Crippen LogP contribution is 2.25. The van der Waals surface area contributed by atoms with Crippen molar-refractivity contribution in [2.45, 2.75) is 0 Å². The number of benzene rings is 1. The lowest BCUT2D eigenvalue weighted by molar-refractivity contribution is 0.0697. The van der Waals surface area contributed by atoms with Crippen LogP contribution in [-0.2, 0) is 0 Å². The Balaban J connectivity index is 3.26. The second kappa shape index (κ2) is 5.23. The van der Waals surface area contributed by atoms with E-state index >= 15 is 0 Å². The van der Waals surface area contributed by atoms with E-state index in [4.69, 9.17) is 16.7 Å². The predicted molar refractivity (Wildman–Crippen MR) is 65.5 cm³/mol. The number of hydrogen-bond acceptors (Lipinski definition) is 3.